The van der Waals surface area contributed by atoms with Crippen LogP contribution >= 0.6 is 0 Å². The zero-order chi connectivity index (χ0) is 33.1. The van der Waals surface area contributed by atoms with Gasteiger partial charge < -0.3 is 14.7 Å². The third-order valence-corrected chi connectivity index (χ3v) is 7.71. The van der Waals surface area contributed by atoms with Crippen LogP contribution in [0.1, 0.15) is 38.4 Å². The van der Waals surface area contributed by atoms with Crippen molar-refractivity contribution >= 4 is 22.1 Å². The van der Waals surface area contributed by atoms with E-state index in [1.54, 1.807) is 38.1 Å². The maximum atomic E-state index is 13.5. The van der Waals surface area contributed by atoms with Crippen molar-refractivity contribution in [1.29, 1.82) is 0 Å². The molecule has 242 valence electrons. The molecule has 3 aromatic rings. The van der Waals surface area contributed by atoms with Gasteiger partial charge in [0.25, 0.3) is 22.2 Å². The summed E-state index contributed by atoms with van der Waals surface area (Å²) in [5.41, 5.74) is 0.489. The largest absolute Gasteiger partial charge is 0.569 e. The summed E-state index contributed by atoms with van der Waals surface area (Å²) in [7, 11) is -4.45. The lowest BCUT2D eigenvalue weighted by molar-refractivity contribution is -0.730. The number of alkyl halides is 3. The Morgan fingerprint density at radius 2 is 1.73 bits per heavy atom. The second kappa shape index (κ2) is 13.0. The molecule has 1 fully saturated rings. The van der Waals surface area contributed by atoms with Crippen LogP contribution in [0.5, 0.6) is 0 Å². The highest BCUT2D eigenvalue weighted by molar-refractivity contribution is 7.90. The van der Waals surface area contributed by atoms with Crippen LogP contribution in [0.2, 0.25) is 0 Å². The molecule has 1 saturated heterocycles. The monoisotopic (exact) mass is 654 g/mol. The van der Waals surface area contributed by atoms with E-state index in [1.807, 2.05) is 11.6 Å². The molecule has 2 aromatic carbocycles. The molecule has 0 bridgehead atoms. The van der Waals surface area contributed by atoms with E-state index >= 15 is 0 Å². The molecular formula is C27H29F3N6O8S. The zero-order valence-electron chi connectivity index (χ0n) is 24.4. The molecular weight excluding hydrogens is 625 g/mol. The van der Waals surface area contributed by atoms with Gasteiger partial charge in [0, 0.05) is 18.9 Å². The average Bonchev–Trinajstić information content (AvgIpc) is 3.37. The lowest BCUT2D eigenvalue weighted by atomic mass is 10.1. The fourth-order valence-corrected chi connectivity index (χ4v) is 5.06. The van der Waals surface area contributed by atoms with Gasteiger partial charge >= 0.3 is 12.3 Å². The highest BCUT2D eigenvalue weighted by Gasteiger charge is 2.42. The predicted molar refractivity (Wildman–Crippen MR) is 148 cm³/mol. The number of sulfonamides is 1. The van der Waals surface area contributed by atoms with Crippen molar-refractivity contribution in [2.24, 2.45) is 5.28 Å². The van der Waals surface area contributed by atoms with Gasteiger partial charge in [-0.05, 0) is 51.1 Å². The number of ether oxygens (including phenoxy) is 2. The normalized spacial score (nSPS) is 16.1. The summed E-state index contributed by atoms with van der Waals surface area (Å²) >= 11 is 0. The molecule has 0 radical (unpaired) electrons. The zero-order valence-corrected chi connectivity index (χ0v) is 25.2. The van der Waals surface area contributed by atoms with Crippen molar-refractivity contribution in [2.45, 2.75) is 63.6 Å². The first kappa shape index (κ1) is 33.0. The van der Waals surface area contributed by atoms with Gasteiger partial charge in [0.15, 0.2) is 11.7 Å². The smallest absolute Gasteiger partial charge is 0.511 e. The second-order valence-electron chi connectivity index (χ2n) is 10.2. The van der Waals surface area contributed by atoms with Crippen LogP contribution < -0.4 is 4.72 Å². The number of hydrazine groups is 1. The number of benzene rings is 2. The van der Waals surface area contributed by atoms with Gasteiger partial charge in [-0.3, -0.25) is 9.63 Å². The summed E-state index contributed by atoms with van der Waals surface area (Å²) in [5, 5.41) is 20.1. The number of nitrogens with zero attached hydrogens (tertiary/aromatic N) is 5. The van der Waals surface area contributed by atoms with Crippen molar-refractivity contribution in [3.05, 3.63) is 71.1 Å². The van der Waals surface area contributed by atoms with Crippen LogP contribution in [-0.4, -0.2) is 65.2 Å². The standard InChI is InChI=1S/C27H29F3N6O8S/c1-16(2)42-26(38)43-18(4)44-33-36(39)34-14-13-22(34)25(37)32-45(40,41)21-11-9-20(10-12-21)35-23(15-24(31-35)27(28,29)30)19-7-5-17(3)6-8-19/h5-12,15-16,18,22H,13-14H2,1-4H3,(H,32,37)/b36-33-/t18?,22-/m0/s1. The molecule has 18 heteroatoms. The maximum Gasteiger partial charge on any atom is 0.511 e. The van der Waals surface area contributed by atoms with E-state index < -0.39 is 52.4 Å². The van der Waals surface area contributed by atoms with E-state index in [2.05, 4.69) is 10.4 Å². The van der Waals surface area contributed by atoms with Crippen LogP contribution in [0, 0.1) is 12.1 Å². The van der Waals surface area contributed by atoms with E-state index in [9.17, 15) is 36.4 Å². The number of nitrogens with one attached hydrogen (secondary N) is 1. The first-order valence-corrected chi connectivity index (χ1v) is 14.9. The average molecular weight is 655 g/mol. The Morgan fingerprint density at radius 1 is 1.09 bits per heavy atom. The number of aromatic nitrogens is 2. The number of aryl methyl sites for hydroxylation is 1. The molecule has 1 N–H and O–H groups in total. The Hall–Kier alpha value is -4.87. The van der Waals surface area contributed by atoms with Gasteiger partial charge in [-0.25, -0.2) is 22.6 Å². The molecule has 2 heterocycles. The minimum atomic E-state index is -4.72. The van der Waals surface area contributed by atoms with Crippen molar-refractivity contribution < 1.29 is 50.5 Å². The molecule has 1 unspecified atom stereocenters. The number of carbonyl (C=O) groups excluding carboxylic acids is 2. The van der Waals surface area contributed by atoms with Gasteiger partial charge in [0.2, 0.25) is 5.28 Å². The highest BCUT2D eigenvalue weighted by Crippen LogP contribution is 2.33. The third-order valence-electron chi connectivity index (χ3n) is 6.35. The molecule has 1 aliphatic rings. The fraction of sp³-hybridized carbons (Fsp3) is 0.370. The van der Waals surface area contributed by atoms with Crippen LogP contribution in [0.15, 0.2) is 64.8 Å². The van der Waals surface area contributed by atoms with Gasteiger partial charge in [0.05, 0.1) is 33.9 Å². The summed E-state index contributed by atoms with van der Waals surface area (Å²) in [6.07, 6.45) is -7.41. The molecule has 1 amide bonds. The highest BCUT2D eigenvalue weighted by atomic mass is 32.2. The lowest BCUT2D eigenvalue weighted by Crippen LogP contribution is -2.59. The Morgan fingerprint density at radius 3 is 2.29 bits per heavy atom. The number of hydrogen-bond donors (Lipinski definition) is 1. The van der Waals surface area contributed by atoms with Gasteiger partial charge in [-0.15, -0.1) is 5.01 Å². The number of halogens is 3. The quantitative estimate of drug-likeness (QED) is 0.108. The Kier molecular flexibility index (Phi) is 9.55. The molecule has 14 nitrogen and oxygen atoms in total. The number of hydrogen-bond acceptors (Lipinski definition) is 10. The molecule has 45 heavy (non-hydrogen) atoms. The van der Waals surface area contributed by atoms with Gasteiger partial charge in [-0.2, -0.15) is 18.3 Å². The van der Waals surface area contributed by atoms with E-state index in [-0.39, 0.29) is 34.2 Å². The third kappa shape index (κ3) is 8.00. The molecule has 4 rings (SSSR count). The van der Waals surface area contributed by atoms with Crippen molar-refractivity contribution in [2.75, 3.05) is 6.54 Å². The van der Waals surface area contributed by atoms with Crippen molar-refractivity contribution in [1.82, 2.24) is 19.5 Å². The summed E-state index contributed by atoms with van der Waals surface area (Å²) in [6, 6.07) is 11.1. The molecule has 0 saturated carbocycles. The molecule has 0 spiro atoms. The van der Waals surface area contributed by atoms with E-state index in [1.165, 1.54) is 19.1 Å². The Balaban J connectivity index is 1.45. The van der Waals surface area contributed by atoms with E-state index in [4.69, 9.17) is 14.3 Å². The van der Waals surface area contributed by atoms with Gasteiger partial charge in [-0.1, -0.05) is 29.8 Å². The second-order valence-corrected chi connectivity index (χ2v) is 11.8. The lowest BCUT2D eigenvalue weighted by Gasteiger charge is -2.34. The van der Waals surface area contributed by atoms with Crippen LogP contribution in [0.4, 0.5) is 18.0 Å². The Bertz CT molecular complexity index is 1680. The number of rotatable bonds is 10. The number of carbonyl (C=O) groups is 2. The molecule has 2 atom stereocenters. The van der Waals surface area contributed by atoms with Crippen LogP contribution in [-0.2, 0) is 35.3 Å². The SMILES string of the molecule is Cc1ccc(-c2cc(C(F)(F)F)nn2-c2ccc(S(=O)(=O)NC(=O)[C@@H]3CCN3/[N+]([O-])=N/OC(C)OC(=O)OC(C)C)cc2)cc1. The first-order chi connectivity index (χ1) is 21.0. The molecule has 1 aromatic heterocycles. The Labute approximate surface area is 255 Å². The maximum absolute atomic E-state index is 13.5. The molecule has 1 aliphatic heterocycles. The number of amides is 1. The minimum Gasteiger partial charge on any atom is -0.569 e. The van der Waals surface area contributed by atoms with Crippen molar-refractivity contribution in [3.8, 4) is 16.9 Å². The van der Waals surface area contributed by atoms with Crippen LogP contribution in [0.25, 0.3) is 16.9 Å². The summed E-state index contributed by atoms with van der Waals surface area (Å²) in [4.78, 5) is 28.6. The summed E-state index contributed by atoms with van der Waals surface area (Å²) < 4.78 is 78.8. The van der Waals surface area contributed by atoms with Crippen molar-refractivity contribution in [3.63, 3.8) is 0 Å². The van der Waals surface area contributed by atoms with Gasteiger partial charge in [0.1, 0.15) is 0 Å². The summed E-state index contributed by atoms with van der Waals surface area (Å²) in [6.45, 7) is 6.33. The fourth-order valence-electron chi connectivity index (χ4n) is 4.05. The summed E-state index contributed by atoms with van der Waals surface area (Å²) in [5.74, 6) is -1.03. The topological polar surface area (TPSA) is 167 Å². The predicted octanol–water partition coefficient (Wildman–Crippen LogP) is 4.46. The van der Waals surface area contributed by atoms with E-state index in [0.29, 0.717) is 5.56 Å². The minimum absolute atomic E-state index is 0.0426. The molecule has 0 aliphatic carbocycles. The van der Waals surface area contributed by atoms with E-state index in [0.717, 1.165) is 33.5 Å². The van der Waals surface area contributed by atoms with Crippen LogP contribution in [0.3, 0.4) is 0 Å². The first-order valence-electron chi connectivity index (χ1n) is 13.4.